The van der Waals surface area contributed by atoms with Crippen LogP contribution in [0.15, 0.2) is 24.3 Å². The summed E-state index contributed by atoms with van der Waals surface area (Å²) in [4.78, 5) is 2.53. The summed E-state index contributed by atoms with van der Waals surface area (Å²) in [6.07, 6.45) is 4.69. The summed E-state index contributed by atoms with van der Waals surface area (Å²) < 4.78 is 13.3. The molecule has 1 aromatic carbocycles. The van der Waals surface area contributed by atoms with Gasteiger partial charge in [0.1, 0.15) is 5.82 Å². The molecule has 1 fully saturated rings. The van der Waals surface area contributed by atoms with Gasteiger partial charge in [-0.05, 0) is 70.0 Å². The van der Waals surface area contributed by atoms with Crippen molar-refractivity contribution in [2.45, 2.75) is 25.7 Å². The largest absolute Gasteiger partial charge is 0.316 e. The van der Waals surface area contributed by atoms with Gasteiger partial charge in [0.05, 0.1) is 0 Å². The Labute approximate surface area is 109 Å². The van der Waals surface area contributed by atoms with Crippen LogP contribution >= 0.6 is 0 Å². The summed E-state index contributed by atoms with van der Waals surface area (Å²) in [5, 5.41) is 3.39. The molecular formula is C15H23FN2. The highest BCUT2D eigenvalue weighted by Gasteiger charge is 2.09. The van der Waals surface area contributed by atoms with E-state index in [9.17, 15) is 4.39 Å². The zero-order valence-electron chi connectivity index (χ0n) is 11.0. The van der Waals surface area contributed by atoms with Crippen LogP contribution in [0.25, 0.3) is 0 Å². The number of nitrogens with zero attached hydrogens (tertiary/aromatic N) is 1. The molecule has 0 aromatic heterocycles. The summed E-state index contributed by atoms with van der Waals surface area (Å²) in [6.45, 7) is 5.64. The first-order valence-electron chi connectivity index (χ1n) is 7.03. The minimum atomic E-state index is -0.0867. The average Bonchev–Trinajstić information content (AvgIpc) is 2.89. The van der Waals surface area contributed by atoms with Crippen LogP contribution < -0.4 is 5.32 Å². The number of likely N-dealkylation sites (tertiary alicyclic amines) is 1. The number of rotatable bonds is 7. The van der Waals surface area contributed by atoms with Gasteiger partial charge in [0.2, 0.25) is 0 Å². The van der Waals surface area contributed by atoms with E-state index in [-0.39, 0.29) is 5.82 Å². The zero-order valence-corrected chi connectivity index (χ0v) is 11.0. The van der Waals surface area contributed by atoms with Crippen molar-refractivity contribution in [1.29, 1.82) is 0 Å². The second kappa shape index (κ2) is 7.49. The lowest BCUT2D eigenvalue weighted by Crippen LogP contribution is -2.25. The van der Waals surface area contributed by atoms with Crippen molar-refractivity contribution in [1.82, 2.24) is 10.2 Å². The van der Waals surface area contributed by atoms with Crippen molar-refractivity contribution in [2.75, 3.05) is 32.7 Å². The molecule has 2 nitrogen and oxygen atoms in total. The highest BCUT2D eigenvalue weighted by Crippen LogP contribution is 2.07. The van der Waals surface area contributed by atoms with Crippen molar-refractivity contribution in [3.05, 3.63) is 35.6 Å². The lowest BCUT2D eigenvalue weighted by molar-refractivity contribution is 0.331. The molecule has 0 radical (unpaired) electrons. The van der Waals surface area contributed by atoms with Crippen LogP contribution in [0.1, 0.15) is 24.8 Å². The topological polar surface area (TPSA) is 15.3 Å². The van der Waals surface area contributed by atoms with E-state index in [0.29, 0.717) is 0 Å². The van der Waals surface area contributed by atoms with Crippen LogP contribution in [0, 0.1) is 5.82 Å². The maximum absolute atomic E-state index is 13.3. The molecule has 1 N–H and O–H groups in total. The third-order valence-electron chi connectivity index (χ3n) is 3.56. The van der Waals surface area contributed by atoms with E-state index in [2.05, 4.69) is 10.2 Å². The van der Waals surface area contributed by atoms with Crippen molar-refractivity contribution in [2.24, 2.45) is 0 Å². The van der Waals surface area contributed by atoms with Crippen LogP contribution in [-0.2, 0) is 6.42 Å². The predicted molar refractivity (Wildman–Crippen MR) is 73.3 cm³/mol. The van der Waals surface area contributed by atoms with Gasteiger partial charge < -0.3 is 10.2 Å². The van der Waals surface area contributed by atoms with Gasteiger partial charge >= 0.3 is 0 Å². The quantitative estimate of drug-likeness (QED) is 0.748. The molecule has 0 aliphatic carbocycles. The Kier molecular flexibility index (Phi) is 5.62. The van der Waals surface area contributed by atoms with Crippen LogP contribution in [0.4, 0.5) is 4.39 Å². The lowest BCUT2D eigenvalue weighted by atomic mass is 10.1. The molecule has 0 amide bonds. The Balaban J connectivity index is 1.52. The molecule has 1 saturated heterocycles. The van der Waals surface area contributed by atoms with Crippen molar-refractivity contribution >= 4 is 0 Å². The summed E-state index contributed by atoms with van der Waals surface area (Å²) >= 11 is 0. The Hall–Kier alpha value is -0.930. The van der Waals surface area contributed by atoms with E-state index in [1.54, 1.807) is 6.07 Å². The fourth-order valence-electron chi connectivity index (χ4n) is 2.48. The number of nitrogens with one attached hydrogen (secondary N) is 1. The molecule has 0 bridgehead atoms. The van der Waals surface area contributed by atoms with Gasteiger partial charge in [-0.2, -0.15) is 0 Å². The molecular weight excluding hydrogens is 227 g/mol. The minimum absolute atomic E-state index is 0.0867. The van der Waals surface area contributed by atoms with Gasteiger partial charge in [0.25, 0.3) is 0 Å². The van der Waals surface area contributed by atoms with Crippen molar-refractivity contribution in [3.63, 3.8) is 0 Å². The summed E-state index contributed by atoms with van der Waals surface area (Å²) in [5.74, 6) is -0.0867. The molecule has 0 unspecified atom stereocenters. The molecule has 3 heteroatoms. The molecule has 0 atom stereocenters. The highest BCUT2D eigenvalue weighted by molar-refractivity contribution is 5.17. The number of halogens is 1. The molecule has 0 spiro atoms. The van der Waals surface area contributed by atoms with E-state index < -0.39 is 0 Å². The monoisotopic (exact) mass is 250 g/mol. The fourth-order valence-corrected chi connectivity index (χ4v) is 2.48. The number of benzene rings is 1. The molecule has 2 rings (SSSR count). The second-order valence-corrected chi connectivity index (χ2v) is 4.99. The van der Waals surface area contributed by atoms with Gasteiger partial charge in [-0.15, -0.1) is 0 Å². The second-order valence-electron chi connectivity index (χ2n) is 4.99. The predicted octanol–water partition coefficient (Wildman–Crippen LogP) is 2.44. The molecule has 100 valence electrons. The van der Waals surface area contributed by atoms with Gasteiger partial charge in [0.15, 0.2) is 0 Å². The Morgan fingerprint density at radius 2 is 1.89 bits per heavy atom. The molecule has 1 aliphatic rings. The normalized spacial score (nSPS) is 16.3. The van der Waals surface area contributed by atoms with E-state index >= 15 is 0 Å². The van der Waals surface area contributed by atoms with E-state index in [0.717, 1.165) is 25.1 Å². The van der Waals surface area contributed by atoms with Crippen LogP contribution in [0.5, 0.6) is 0 Å². The Morgan fingerprint density at radius 1 is 1.11 bits per heavy atom. The standard InChI is InChI=1S/C15H23FN2/c16-15-7-2-1-6-14(15)8-10-17-9-5-13-18-11-3-4-12-18/h1-2,6-7,17H,3-5,8-13H2. The van der Waals surface area contributed by atoms with Crippen molar-refractivity contribution in [3.8, 4) is 0 Å². The maximum atomic E-state index is 13.3. The van der Waals surface area contributed by atoms with Gasteiger partial charge in [-0.3, -0.25) is 0 Å². The molecule has 18 heavy (non-hydrogen) atoms. The molecule has 1 heterocycles. The fraction of sp³-hybridized carbons (Fsp3) is 0.600. The first-order chi connectivity index (χ1) is 8.86. The van der Waals surface area contributed by atoms with Crippen LogP contribution in [-0.4, -0.2) is 37.6 Å². The molecule has 0 saturated carbocycles. The zero-order chi connectivity index (χ0) is 12.6. The van der Waals surface area contributed by atoms with Crippen LogP contribution in [0.2, 0.25) is 0 Å². The summed E-state index contributed by atoms with van der Waals surface area (Å²) in [7, 11) is 0. The van der Waals surface area contributed by atoms with Crippen LogP contribution in [0.3, 0.4) is 0 Å². The summed E-state index contributed by atoms with van der Waals surface area (Å²) in [6, 6.07) is 7.03. The van der Waals surface area contributed by atoms with Gasteiger partial charge in [-0.1, -0.05) is 18.2 Å². The van der Waals surface area contributed by atoms with E-state index in [1.165, 1.54) is 45.0 Å². The number of hydrogen-bond donors (Lipinski definition) is 1. The third kappa shape index (κ3) is 4.39. The van der Waals surface area contributed by atoms with Crippen molar-refractivity contribution < 1.29 is 4.39 Å². The SMILES string of the molecule is Fc1ccccc1CCNCCCN1CCCC1. The third-order valence-corrected chi connectivity index (χ3v) is 3.56. The average molecular weight is 250 g/mol. The first-order valence-corrected chi connectivity index (χ1v) is 7.03. The Bertz CT molecular complexity index is 348. The van der Waals surface area contributed by atoms with Gasteiger partial charge in [0, 0.05) is 0 Å². The smallest absolute Gasteiger partial charge is 0.126 e. The Morgan fingerprint density at radius 3 is 2.67 bits per heavy atom. The van der Waals surface area contributed by atoms with Gasteiger partial charge in [-0.25, -0.2) is 4.39 Å². The lowest BCUT2D eigenvalue weighted by Gasteiger charge is -2.14. The summed E-state index contributed by atoms with van der Waals surface area (Å²) in [5.41, 5.74) is 0.810. The molecule has 1 aliphatic heterocycles. The first kappa shape index (κ1) is 13.5. The highest BCUT2D eigenvalue weighted by atomic mass is 19.1. The molecule has 1 aromatic rings. The minimum Gasteiger partial charge on any atom is -0.316 e. The maximum Gasteiger partial charge on any atom is 0.126 e. The van der Waals surface area contributed by atoms with E-state index in [1.807, 2.05) is 12.1 Å². The number of hydrogen-bond acceptors (Lipinski definition) is 2. The van der Waals surface area contributed by atoms with E-state index in [4.69, 9.17) is 0 Å².